The number of likely N-dealkylation sites (N-methyl/N-ethyl adjacent to an activating group) is 1. The van der Waals surface area contributed by atoms with E-state index >= 15 is 0 Å². The zero-order chi connectivity index (χ0) is 13.3. The van der Waals surface area contributed by atoms with Crippen LogP contribution in [0.5, 0.6) is 0 Å². The van der Waals surface area contributed by atoms with Crippen molar-refractivity contribution in [3.05, 3.63) is 12.2 Å². The van der Waals surface area contributed by atoms with Gasteiger partial charge in [-0.3, -0.25) is 4.48 Å². The first kappa shape index (κ1) is 15.4. The Hall–Kier alpha value is -0.670. The zero-order valence-electron chi connectivity index (χ0n) is 12.0. The Bertz CT molecular complexity index is 276. The molecule has 1 N–H and O–H groups in total. The first-order chi connectivity index (χ1) is 8.79. The molecule has 0 fully saturated rings. The molecule has 1 rings (SSSR count). The van der Waals surface area contributed by atoms with E-state index in [1.165, 1.54) is 19.3 Å². The van der Waals surface area contributed by atoms with Crippen molar-refractivity contribution in [2.75, 3.05) is 26.2 Å². The predicted molar refractivity (Wildman–Crippen MR) is 77.8 cm³/mol. The highest BCUT2D eigenvalue weighted by Crippen LogP contribution is 2.23. The molecule has 1 aliphatic rings. The van der Waals surface area contributed by atoms with E-state index in [1.54, 1.807) is 0 Å². The summed E-state index contributed by atoms with van der Waals surface area (Å²) in [7, 11) is 0. The molecule has 1 aliphatic heterocycles. The number of hydrogen-bond acceptors (Lipinski definition) is 2. The van der Waals surface area contributed by atoms with Crippen molar-refractivity contribution in [3.8, 4) is 0 Å². The van der Waals surface area contributed by atoms with Gasteiger partial charge < -0.3 is 5.11 Å². The molecule has 0 bridgehead atoms. The van der Waals surface area contributed by atoms with Crippen LogP contribution in [-0.4, -0.2) is 48.2 Å². The number of quaternary nitrogens is 1. The standard InChI is InChI=1S/C15H29N2O/c1-3-5-6-7-8-9-10-15-16-11-12-17(15,4-2)13-14-18/h5-6,11,15,18H,3-4,7-10,12-14H2,1-2H3/q+1/b6-5+. The summed E-state index contributed by atoms with van der Waals surface area (Å²) in [6.45, 7) is 7.56. The van der Waals surface area contributed by atoms with E-state index in [2.05, 4.69) is 37.2 Å². The fraction of sp³-hybridized carbons (Fsp3) is 0.800. The largest absolute Gasteiger partial charge is 0.391 e. The number of nitrogens with zero attached hydrogens (tertiary/aromatic N) is 2. The monoisotopic (exact) mass is 253 g/mol. The maximum absolute atomic E-state index is 9.23. The van der Waals surface area contributed by atoms with Crippen molar-refractivity contribution in [1.29, 1.82) is 0 Å². The Morgan fingerprint density at radius 2 is 2.17 bits per heavy atom. The van der Waals surface area contributed by atoms with Gasteiger partial charge in [-0.25, -0.2) is 4.99 Å². The second kappa shape index (κ2) is 8.44. The predicted octanol–water partition coefficient (Wildman–Crippen LogP) is 2.75. The van der Waals surface area contributed by atoms with Crippen LogP contribution in [0.4, 0.5) is 0 Å². The van der Waals surface area contributed by atoms with Crippen molar-refractivity contribution in [2.24, 2.45) is 4.99 Å². The molecule has 3 heteroatoms. The van der Waals surface area contributed by atoms with Crippen LogP contribution in [0, 0.1) is 0 Å². The Morgan fingerprint density at radius 3 is 2.83 bits per heavy atom. The Kier molecular flexibility index (Phi) is 7.21. The highest BCUT2D eigenvalue weighted by atomic mass is 16.3. The van der Waals surface area contributed by atoms with E-state index in [0.717, 1.165) is 37.0 Å². The molecule has 0 radical (unpaired) electrons. The van der Waals surface area contributed by atoms with Crippen molar-refractivity contribution in [2.45, 2.75) is 52.1 Å². The summed E-state index contributed by atoms with van der Waals surface area (Å²) in [6.07, 6.45) is 12.9. The van der Waals surface area contributed by atoms with Crippen molar-refractivity contribution < 1.29 is 9.59 Å². The minimum atomic E-state index is 0.271. The molecule has 0 aromatic rings. The van der Waals surface area contributed by atoms with Gasteiger partial charge >= 0.3 is 0 Å². The maximum Gasteiger partial charge on any atom is 0.182 e. The summed E-state index contributed by atoms with van der Waals surface area (Å²) in [5.41, 5.74) is 0. The van der Waals surface area contributed by atoms with Crippen LogP contribution in [-0.2, 0) is 0 Å². The first-order valence-corrected chi connectivity index (χ1v) is 7.42. The molecular formula is C15H29N2O+. The number of aliphatic hydroxyl groups excluding tert-OH is 1. The highest BCUT2D eigenvalue weighted by molar-refractivity contribution is 5.60. The lowest BCUT2D eigenvalue weighted by atomic mass is 10.1. The van der Waals surface area contributed by atoms with Gasteiger partial charge in [0, 0.05) is 6.42 Å². The second-order valence-corrected chi connectivity index (χ2v) is 5.14. The Balaban J connectivity index is 2.31. The molecule has 2 atom stereocenters. The summed E-state index contributed by atoms with van der Waals surface area (Å²) < 4.78 is 0.960. The third-order valence-corrected chi connectivity index (χ3v) is 4.02. The third kappa shape index (κ3) is 4.21. The number of allylic oxidation sites excluding steroid dienone is 2. The molecule has 1 heterocycles. The summed E-state index contributed by atoms with van der Waals surface area (Å²) >= 11 is 0. The normalized spacial score (nSPS) is 27.4. The fourth-order valence-electron chi connectivity index (χ4n) is 2.75. The molecule has 0 saturated carbocycles. The lowest BCUT2D eigenvalue weighted by Gasteiger charge is -2.37. The fourth-order valence-corrected chi connectivity index (χ4v) is 2.75. The molecule has 0 aromatic heterocycles. The SMILES string of the molecule is CC/C=C/CCCCC1N=CC[N+]1(CC)CCO. The topological polar surface area (TPSA) is 32.6 Å². The Morgan fingerprint density at radius 1 is 1.33 bits per heavy atom. The van der Waals surface area contributed by atoms with Gasteiger partial charge in [0.25, 0.3) is 0 Å². The molecule has 0 aliphatic carbocycles. The lowest BCUT2D eigenvalue weighted by Crippen LogP contribution is -2.53. The molecule has 18 heavy (non-hydrogen) atoms. The third-order valence-electron chi connectivity index (χ3n) is 4.02. The molecule has 0 aromatic carbocycles. The molecule has 2 unspecified atom stereocenters. The van der Waals surface area contributed by atoms with Gasteiger partial charge in [-0.15, -0.1) is 0 Å². The van der Waals surface area contributed by atoms with Crippen LogP contribution in [0.15, 0.2) is 17.1 Å². The van der Waals surface area contributed by atoms with Gasteiger partial charge in [0.05, 0.1) is 19.4 Å². The number of rotatable bonds is 9. The van der Waals surface area contributed by atoms with Crippen LogP contribution in [0.25, 0.3) is 0 Å². The van der Waals surface area contributed by atoms with Crippen LogP contribution in [0.3, 0.4) is 0 Å². The van der Waals surface area contributed by atoms with E-state index in [0.29, 0.717) is 6.17 Å². The van der Waals surface area contributed by atoms with E-state index in [4.69, 9.17) is 0 Å². The summed E-state index contributed by atoms with van der Waals surface area (Å²) in [5, 5.41) is 9.23. The summed E-state index contributed by atoms with van der Waals surface area (Å²) in [4.78, 5) is 4.63. The van der Waals surface area contributed by atoms with Gasteiger partial charge in [0.1, 0.15) is 13.1 Å². The van der Waals surface area contributed by atoms with E-state index in [9.17, 15) is 5.11 Å². The van der Waals surface area contributed by atoms with E-state index < -0.39 is 0 Å². The number of aliphatic imine (C=N–C) groups is 1. The number of aliphatic hydroxyl groups is 1. The smallest absolute Gasteiger partial charge is 0.182 e. The van der Waals surface area contributed by atoms with Crippen molar-refractivity contribution in [1.82, 2.24) is 0 Å². The van der Waals surface area contributed by atoms with Gasteiger partial charge in [-0.05, 0) is 32.6 Å². The number of hydrogen-bond donors (Lipinski definition) is 1. The quantitative estimate of drug-likeness (QED) is 0.382. The average molecular weight is 253 g/mol. The minimum absolute atomic E-state index is 0.271. The average Bonchev–Trinajstić information content (AvgIpc) is 2.78. The van der Waals surface area contributed by atoms with E-state index in [1.807, 2.05) is 0 Å². The lowest BCUT2D eigenvalue weighted by molar-refractivity contribution is -0.936. The van der Waals surface area contributed by atoms with Crippen LogP contribution in [0.1, 0.15) is 46.0 Å². The molecule has 0 amide bonds. The van der Waals surface area contributed by atoms with E-state index in [-0.39, 0.29) is 6.61 Å². The maximum atomic E-state index is 9.23. The van der Waals surface area contributed by atoms with Gasteiger partial charge in [-0.1, -0.05) is 19.1 Å². The van der Waals surface area contributed by atoms with Gasteiger partial charge in [-0.2, -0.15) is 0 Å². The van der Waals surface area contributed by atoms with Crippen molar-refractivity contribution >= 4 is 6.21 Å². The molecule has 0 spiro atoms. The minimum Gasteiger partial charge on any atom is -0.391 e. The molecular weight excluding hydrogens is 224 g/mol. The molecule has 3 nitrogen and oxygen atoms in total. The van der Waals surface area contributed by atoms with Gasteiger partial charge in [0.15, 0.2) is 6.17 Å². The summed E-state index contributed by atoms with van der Waals surface area (Å²) in [5.74, 6) is 0. The van der Waals surface area contributed by atoms with Gasteiger partial charge in [0.2, 0.25) is 0 Å². The number of unbranched alkanes of at least 4 members (excludes halogenated alkanes) is 2. The molecule has 104 valence electrons. The Labute approximate surface area is 112 Å². The van der Waals surface area contributed by atoms with Crippen LogP contribution >= 0.6 is 0 Å². The molecule has 0 saturated heterocycles. The first-order valence-electron chi connectivity index (χ1n) is 7.42. The summed E-state index contributed by atoms with van der Waals surface area (Å²) in [6, 6.07) is 0. The van der Waals surface area contributed by atoms with Crippen LogP contribution < -0.4 is 0 Å². The zero-order valence-corrected chi connectivity index (χ0v) is 12.0. The van der Waals surface area contributed by atoms with Crippen LogP contribution in [0.2, 0.25) is 0 Å². The highest BCUT2D eigenvalue weighted by Gasteiger charge is 2.36. The van der Waals surface area contributed by atoms with Crippen molar-refractivity contribution in [3.63, 3.8) is 0 Å². The second-order valence-electron chi connectivity index (χ2n) is 5.14.